The van der Waals surface area contributed by atoms with Crippen LogP contribution < -0.4 is 4.74 Å². The van der Waals surface area contributed by atoms with E-state index in [9.17, 15) is 0 Å². The summed E-state index contributed by atoms with van der Waals surface area (Å²) in [7, 11) is 0. The van der Waals surface area contributed by atoms with Gasteiger partial charge in [-0.3, -0.25) is 4.98 Å². The summed E-state index contributed by atoms with van der Waals surface area (Å²) in [5.74, 6) is 1.59. The predicted molar refractivity (Wildman–Crippen MR) is 132 cm³/mol. The Kier molecular flexibility index (Phi) is 5.73. The SMILES string of the molecule is Cc1cccc(C)c1-n1cnc(-c2cccc(Oc3cccc(Cc4ccccn4)c3)c2)c1. The maximum Gasteiger partial charge on any atom is 0.128 e. The number of imidazole rings is 1. The zero-order valence-electron chi connectivity index (χ0n) is 18.8. The van der Waals surface area contributed by atoms with Crippen LogP contribution in [-0.2, 0) is 6.42 Å². The number of para-hydroxylation sites is 1. The van der Waals surface area contributed by atoms with Crippen molar-refractivity contribution < 1.29 is 4.74 Å². The molecule has 0 unspecified atom stereocenters. The van der Waals surface area contributed by atoms with Crippen LogP contribution in [0.2, 0.25) is 0 Å². The maximum atomic E-state index is 6.19. The topological polar surface area (TPSA) is 39.9 Å². The van der Waals surface area contributed by atoms with Gasteiger partial charge in [-0.15, -0.1) is 0 Å². The van der Waals surface area contributed by atoms with Crippen LogP contribution in [0.4, 0.5) is 0 Å². The lowest BCUT2D eigenvalue weighted by Gasteiger charge is -2.10. The summed E-state index contributed by atoms with van der Waals surface area (Å²) in [6.07, 6.45) is 6.54. The van der Waals surface area contributed by atoms with Gasteiger partial charge in [0, 0.05) is 30.1 Å². The van der Waals surface area contributed by atoms with Crippen molar-refractivity contribution >= 4 is 0 Å². The van der Waals surface area contributed by atoms with E-state index >= 15 is 0 Å². The fourth-order valence-electron chi connectivity index (χ4n) is 4.09. The molecule has 4 nitrogen and oxygen atoms in total. The number of hydrogen-bond donors (Lipinski definition) is 0. The molecule has 0 amide bonds. The fourth-order valence-corrected chi connectivity index (χ4v) is 4.09. The van der Waals surface area contributed by atoms with E-state index in [0.717, 1.165) is 40.4 Å². The number of pyridine rings is 1. The molecule has 2 heterocycles. The van der Waals surface area contributed by atoms with E-state index < -0.39 is 0 Å². The molecule has 0 fully saturated rings. The van der Waals surface area contributed by atoms with E-state index in [1.54, 1.807) is 0 Å². The van der Waals surface area contributed by atoms with Crippen LogP contribution in [0.3, 0.4) is 0 Å². The van der Waals surface area contributed by atoms with Crippen LogP contribution in [-0.4, -0.2) is 14.5 Å². The summed E-state index contributed by atoms with van der Waals surface area (Å²) >= 11 is 0. The molecule has 2 aromatic heterocycles. The molecule has 3 aromatic carbocycles. The van der Waals surface area contributed by atoms with E-state index in [1.165, 1.54) is 16.8 Å². The highest BCUT2D eigenvalue weighted by atomic mass is 16.5. The molecule has 0 aliphatic rings. The Morgan fingerprint density at radius 1 is 0.758 bits per heavy atom. The highest BCUT2D eigenvalue weighted by Crippen LogP contribution is 2.28. The van der Waals surface area contributed by atoms with Gasteiger partial charge in [-0.25, -0.2) is 4.98 Å². The van der Waals surface area contributed by atoms with Crippen LogP contribution in [0.15, 0.2) is 104 Å². The van der Waals surface area contributed by atoms with Gasteiger partial charge in [-0.05, 0) is 66.9 Å². The maximum absolute atomic E-state index is 6.19. The molecule has 0 saturated carbocycles. The van der Waals surface area contributed by atoms with Crippen molar-refractivity contribution in [2.45, 2.75) is 20.3 Å². The van der Waals surface area contributed by atoms with E-state index in [1.807, 2.05) is 61.1 Å². The van der Waals surface area contributed by atoms with Gasteiger partial charge < -0.3 is 9.30 Å². The van der Waals surface area contributed by atoms with E-state index in [4.69, 9.17) is 4.74 Å². The lowest BCUT2D eigenvalue weighted by atomic mass is 10.1. The summed E-state index contributed by atoms with van der Waals surface area (Å²) in [4.78, 5) is 9.07. The molecule has 5 aromatic rings. The van der Waals surface area contributed by atoms with Crippen LogP contribution in [0.5, 0.6) is 11.5 Å². The van der Waals surface area contributed by atoms with Gasteiger partial charge in [-0.1, -0.05) is 48.5 Å². The van der Waals surface area contributed by atoms with Crippen molar-refractivity contribution in [3.8, 4) is 28.4 Å². The summed E-state index contributed by atoms with van der Waals surface area (Å²) in [6.45, 7) is 4.25. The van der Waals surface area contributed by atoms with E-state index in [-0.39, 0.29) is 0 Å². The zero-order valence-corrected chi connectivity index (χ0v) is 18.8. The molecule has 0 saturated heterocycles. The van der Waals surface area contributed by atoms with Crippen molar-refractivity contribution in [3.63, 3.8) is 0 Å². The quantitative estimate of drug-likeness (QED) is 0.292. The molecular weight excluding hydrogens is 406 g/mol. The number of rotatable bonds is 6. The average Bonchev–Trinajstić information content (AvgIpc) is 3.30. The highest BCUT2D eigenvalue weighted by Gasteiger charge is 2.09. The van der Waals surface area contributed by atoms with Crippen molar-refractivity contribution in [1.29, 1.82) is 0 Å². The third-order valence-electron chi connectivity index (χ3n) is 5.66. The van der Waals surface area contributed by atoms with Gasteiger partial charge >= 0.3 is 0 Å². The number of nitrogens with zero attached hydrogens (tertiary/aromatic N) is 3. The molecule has 0 aliphatic carbocycles. The summed E-state index contributed by atoms with van der Waals surface area (Å²) in [5, 5.41) is 0. The molecule has 0 N–H and O–H groups in total. The van der Waals surface area contributed by atoms with Crippen LogP contribution in [0.25, 0.3) is 16.9 Å². The Morgan fingerprint density at radius 2 is 1.52 bits per heavy atom. The number of hydrogen-bond acceptors (Lipinski definition) is 3. The van der Waals surface area contributed by atoms with Crippen LogP contribution in [0.1, 0.15) is 22.4 Å². The molecule has 0 spiro atoms. The van der Waals surface area contributed by atoms with E-state index in [0.29, 0.717) is 0 Å². The Bertz CT molecular complexity index is 1370. The fraction of sp³-hybridized carbons (Fsp3) is 0.103. The molecular formula is C29H25N3O. The smallest absolute Gasteiger partial charge is 0.128 e. The minimum absolute atomic E-state index is 0.772. The first-order valence-electron chi connectivity index (χ1n) is 11.0. The second-order valence-electron chi connectivity index (χ2n) is 8.18. The van der Waals surface area contributed by atoms with Crippen molar-refractivity contribution in [2.75, 3.05) is 0 Å². The standard InChI is InChI=1S/C29H25N3O/c1-21-8-5-9-22(2)29(21)32-19-28(31-20-32)24-11-7-14-27(18-24)33-26-13-6-10-23(17-26)16-25-12-3-4-15-30-25/h3-15,17-20H,16H2,1-2H3. The minimum atomic E-state index is 0.772. The molecule has 4 heteroatoms. The van der Waals surface area contributed by atoms with Crippen molar-refractivity contribution in [3.05, 3.63) is 126 Å². The summed E-state index contributed by atoms with van der Waals surface area (Å²) in [5.41, 5.74) is 7.75. The lowest BCUT2D eigenvalue weighted by Crippen LogP contribution is -1.96. The molecule has 162 valence electrons. The zero-order chi connectivity index (χ0) is 22.6. The second kappa shape index (κ2) is 9.13. The van der Waals surface area contributed by atoms with Gasteiger partial charge in [-0.2, -0.15) is 0 Å². The molecule has 33 heavy (non-hydrogen) atoms. The number of aromatic nitrogens is 3. The lowest BCUT2D eigenvalue weighted by molar-refractivity contribution is 0.482. The Hall–Kier alpha value is -4.18. The number of benzene rings is 3. The van der Waals surface area contributed by atoms with Crippen LogP contribution in [0, 0.1) is 13.8 Å². The highest BCUT2D eigenvalue weighted by molar-refractivity contribution is 5.62. The first-order valence-corrected chi connectivity index (χ1v) is 11.0. The molecule has 0 bridgehead atoms. The third-order valence-corrected chi connectivity index (χ3v) is 5.66. The Balaban J connectivity index is 1.37. The van der Waals surface area contributed by atoms with Gasteiger partial charge in [0.05, 0.1) is 17.7 Å². The van der Waals surface area contributed by atoms with Gasteiger partial charge in [0.1, 0.15) is 11.5 Å². The monoisotopic (exact) mass is 431 g/mol. The van der Waals surface area contributed by atoms with Crippen molar-refractivity contribution in [2.24, 2.45) is 0 Å². The van der Waals surface area contributed by atoms with Gasteiger partial charge in [0.25, 0.3) is 0 Å². The minimum Gasteiger partial charge on any atom is -0.457 e. The first-order chi connectivity index (χ1) is 16.2. The summed E-state index contributed by atoms with van der Waals surface area (Å²) in [6, 6.07) is 28.5. The van der Waals surface area contributed by atoms with Crippen molar-refractivity contribution in [1.82, 2.24) is 14.5 Å². The third kappa shape index (κ3) is 4.70. The van der Waals surface area contributed by atoms with Crippen LogP contribution >= 0.6 is 0 Å². The average molecular weight is 432 g/mol. The second-order valence-corrected chi connectivity index (χ2v) is 8.18. The molecule has 0 aliphatic heterocycles. The number of ether oxygens (including phenoxy) is 1. The largest absolute Gasteiger partial charge is 0.457 e. The van der Waals surface area contributed by atoms with E-state index in [2.05, 4.69) is 71.0 Å². The van der Waals surface area contributed by atoms with Gasteiger partial charge in [0.15, 0.2) is 0 Å². The Labute approximate surface area is 194 Å². The normalized spacial score (nSPS) is 10.8. The number of aryl methyl sites for hydroxylation is 2. The van der Waals surface area contributed by atoms with Gasteiger partial charge in [0.2, 0.25) is 0 Å². The molecule has 0 radical (unpaired) electrons. The first kappa shape index (κ1) is 20.7. The predicted octanol–water partition coefficient (Wildman–Crippen LogP) is 6.93. The molecule has 5 rings (SSSR count). The summed E-state index contributed by atoms with van der Waals surface area (Å²) < 4.78 is 8.29. The molecule has 0 atom stereocenters. The Morgan fingerprint density at radius 3 is 2.30 bits per heavy atom.